The Bertz CT molecular complexity index is 504. The first-order valence-corrected chi connectivity index (χ1v) is 7.20. The van der Waals surface area contributed by atoms with Crippen molar-refractivity contribution in [2.45, 2.75) is 26.7 Å². The SMILES string of the molecule is COc1ccc(NC(=O)CNC(=O)CCC(C)C)c(Cl)c1. The molecule has 0 atom stereocenters. The van der Waals surface area contributed by atoms with Gasteiger partial charge in [0.2, 0.25) is 11.8 Å². The Kier molecular flexibility index (Phi) is 7.02. The van der Waals surface area contributed by atoms with Gasteiger partial charge in [-0.3, -0.25) is 9.59 Å². The predicted octanol–water partition coefficient (Wildman–Crippen LogP) is 2.84. The third-order valence-corrected chi connectivity index (χ3v) is 3.16. The smallest absolute Gasteiger partial charge is 0.243 e. The number of methoxy groups -OCH3 is 1. The molecule has 0 saturated carbocycles. The van der Waals surface area contributed by atoms with Crippen molar-refractivity contribution >= 4 is 29.1 Å². The summed E-state index contributed by atoms with van der Waals surface area (Å²) in [7, 11) is 1.54. The molecule has 0 bridgehead atoms. The number of ether oxygens (including phenoxy) is 1. The molecule has 5 nitrogen and oxygen atoms in total. The molecule has 0 spiro atoms. The number of carbonyl (C=O) groups is 2. The molecule has 0 saturated heterocycles. The maximum absolute atomic E-state index is 11.7. The van der Waals surface area contributed by atoms with Gasteiger partial charge >= 0.3 is 0 Å². The van der Waals surface area contributed by atoms with Crippen LogP contribution in [0.1, 0.15) is 26.7 Å². The van der Waals surface area contributed by atoms with Crippen LogP contribution in [0.3, 0.4) is 0 Å². The van der Waals surface area contributed by atoms with Gasteiger partial charge in [-0.25, -0.2) is 0 Å². The minimum atomic E-state index is -0.319. The molecule has 0 aliphatic rings. The Morgan fingerprint density at radius 3 is 2.57 bits per heavy atom. The maximum atomic E-state index is 11.7. The molecule has 1 aromatic carbocycles. The van der Waals surface area contributed by atoms with Gasteiger partial charge in [-0.2, -0.15) is 0 Å². The highest BCUT2D eigenvalue weighted by molar-refractivity contribution is 6.33. The molecule has 0 aliphatic heterocycles. The summed E-state index contributed by atoms with van der Waals surface area (Å²) in [4.78, 5) is 23.3. The molecule has 116 valence electrons. The first kappa shape index (κ1) is 17.3. The first-order valence-electron chi connectivity index (χ1n) is 6.82. The summed E-state index contributed by atoms with van der Waals surface area (Å²) in [6.45, 7) is 4.02. The van der Waals surface area contributed by atoms with Gasteiger partial charge in [0.15, 0.2) is 0 Å². The number of nitrogens with one attached hydrogen (secondary N) is 2. The van der Waals surface area contributed by atoms with Crippen LogP contribution in [0.5, 0.6) is 5.75 Å². The quantitative estimate of drug-likeness (QED) is 0.813. The molecule has 0 aromatic heterocycles. The molecule has 0 aliphatic carbocycles. The lowest BCUT2D eigenvalue weighted by Gasteiger charge is -2.10. The number of anilines is 1. The summed E-state index contributed by atoms with van der Waals surface area (Å²) in [5.41, 5.74) is 0.485. The van der Waals surface area contributed by atoms with Crippen molar-refractivity contribution in [2.24, 2.45) is 5.92 Å². The van der Waals surface area contributed by atoms with Gasteiger partial charge in [-0.1, -0.05) is 25.4 Å². The maximum Gasteiger partial charge on any atom is 0.243 e. The predicted molar refractivity (Wildman–Crippen MR) is 83.7 cm³/mol. The second-order valence-corrected chi connectivity index (χ2v) is 5.51. The number of hydrogen-bond donors (Lipinski definition) is 2. The summed E-state index contributed by atoms with van der Waals surface area (Å²) in [5.74, 6) is 0.627. The van der Waals surface area contributed by atoms with E-state index in [0.29, 0.717) is 28.8 Å². The van der Waals surface area contributed by atoms with Gasteiger partial charge < -0.3 is 15.4 Å². The van der Waals surface area contributed by atoms with E-state index < -0.39 is 0 Å². The fraction of sp³-hybridized carbons (Fsp3) is 0.467. The zero-order valence-electron chi connectivity index (χ0n) is 12.5. The van der Waals surface area contributed by atoms with Crippen LogP contribution in [0.25, 0.3) is 0 Å². The van der Waals surface area contributed by atoms with E-state index >= 15 is 0 Å². The number of halogens is 1. The lowest BCUT2D eigenvalue weighted by Crippen LogP contribution is -2.32. The standard InChI is InChI=1S/C15H21ClN2O3/c1-10(2)4-7-14(19)17-9-15(20)18-13-6-5-11(21-3)8-12(13)16/h5-6,8,10H,4,7,9H2,1-3H3,(H,17,19)(H,18,20). The van der Waals surface area contributed by atoms with E-state index in [1.807, 2.05) is 13.8 Å². The summed E-state index contributed by atoms with van der Waals surface area (Å²) < 4.78 is 5.03. The van der Waals surface area contributed by atoms with E-state index in [0.717, 1.165) is 6.42 Å². The van der Waals surface area contributed by atoms with Gasteiger partial charge in [0.1, 0.15) is 5.75 Å². The molecule has 21 heavy (non-hydrogen) atoms. The van der Waals surface area contributed by atoms with E-state index in [1.165, 1.54) is 7.11 Å². The molecule has 1 rings (SSSR count). The number of hydrogen-bond acceptors (Lipinski definition) is 3. The van der Waals surface area contributed by atoms with Crippen molar-refractivity contribution in [1.82, 2.24) is 5.32 Å². The first-order chi connectivity index (χ1) is 9.92. The van der Waals surface area contributed by atoms with Crippen molar-refractivity contribution in [3.8, 4) is 5.75 Å². The number of rotatable bonds is 7. The summed E-state index contributed by atoms with van der Waals surface area (Å²) >= 11 is 6.02. The Labute approximate surface area is 130 Å². The zero-order valence-corrected chi connectivity index (χ0v) is 13.3. The van der Waals surface area contributed by atoms with Crippen LogP contribution >= 0.6 is 11.6 Å². The highest BCUT2D eigenvalue weighted by Crippen LogP contribution is 2.26. The molecular weight excluding hydrogens is 292 g/mol. The largest absolute Gasteiger partial charge is 0.497 e. The Morgan fingerprint density at radius 1 is 1.29 bits per heavy atom. The van der Waals surface area contributed by atoms with Crippen LogP contribution in [0.15, 0.2) is 18.2 Å². The second kappa shape index (κ2) is 8.52. The van der Waals surface area contributed by atoms with Crippen LogP contribution in [0.4, 0.5) is 5.69 Å². The molecule has 0 fully saturated rings. The summed E-state index contributed by atoms with van der Waals surface area (Å²) in [6, 6.07) is 4.96. The van der Waals surface area contributed by atoms with Gasteiger partial charge in [0.05, 0.1) is 24.4 Å². The molecule has 2 amide bonds. The Morgan fingerprint density at radius 2 is 2.00 bits per heavy atom. The summed E-state index contributed by atoms with van der Waals surface area (Å²) in [6.07, 6.45) is 1.23. The highest BCUT2D eigenvalue weighted by atomic mass is 35.5. The lowest BCUT2D eigenvalue weighted by molar-refractivity contribution is -0.124. The Balaban J connectivity index is 2.42. The van der Waals surface area contributed by atoms with E-state index in [-0.39, 0.29) is 18.4 Å². The van der Waals surface area contributed by atoms with E-state index in [4.69, 9.17) is 16.3 Å². The monoisotopic (exact) mass is 312 g/mol. The normalized spacial score (nSPS) is 10.3. The van der Waals surface area contributed by atoms with Crippen molar-refractivity contribution in [3.05, 3.63) is 23.2 Å². The molecule has 0 unspecified atom stereocenters. The number of amides is 2. The van der Waals surface area contributed by atoms with E-state index in [1.54, 1.807) is 18.2 Å². The van der Waals surface area contributed by atoms with Crippen LogP contribution in [-0.4, -0.2) is 25.5 Å². The second-order valence-electron chi connectivity index (χ2n) is 5.10. The Hall–Kier alpha value is -1.75. The van der Waals surface area contributed by atoms with Crippen LogP contribution in [-0.2, 0) is 9.59 Å². The molecule has 2 N–H and O–H groups in total. The molecule has 6 heteroatoms. The number of carbonyl (C=O) groups excluding carboxylic acids is 2. The third-order valence-electron chi connectivity index (χ3n) is 2.85. The fourth-order valence-corrected chi connectivity index (χ4v) is 1.82. The average Bonchev–Trinajstić information content (AvgIpc) is 2.45. The van der Waals surface area contributed by atoms with Crippen molar-refractivity contribution in [3.63, 3.8) is 0 Å². The van der Waals surface area contributed by atoms with Crippen LogP contribution in [0, 0.1) is 5.92 Å². The molecule has 0 radical (unpaired) electrons. The van der Waals surface area contributed by atoms with Crippen molar-refractivity contribution < 1.29 is 14.3 Å². The van der Waals surface area contributed by atoms with Gasteiger partial charge in [0.25, 0.3) is 0 Å². The van der Waals surface area contributed by atoms with Crippen molar-refractivity contribution in [1.29, 1.82) is 0 Å². The number of benzene rings is 1. The van der Waals surface area contributed by atoms with E-state index in [2.05, 4.69) is 10.6 Å². The van der Waals surface area contributed by atoms with Gasteiger partial charge in [0, 0.05) is 12.5 Å². The van der Waals surface area contributed by atoms with Gasteiger partial charge in [-0.15, -0.1) is 0 Å². The molecule has 0 heterocycles. The van der Waals surface area contributed by atoms with Crippen molar-refractivity contribution in [2.75, 3.05) is 19.0 Å². The minimum absolute atomic E-state index is 0.0702. The lowest BCUT2D eigenvalue weighted by atomic mass is 10.1. The average molecular weight is 313 g/mol. The van der Waals surface area contributed by atoms with E-state index in [9.17, 15) is 9.59 Å². The molecular formula is C15H21ClN2O3. The summed E-state index contributed by atoms with van der Waals surface area (Å²) in [5, 5.41) is 5.61. The van der Waals surface area contributed by atoms with Gasteiger partial charge in [-0.05, 0) is 24.5 Å². The third kappa shape index (κ3) is 6.49. The molecule has 1 aromatic rings. The van der Waals surface area contributed by atoms with Crippen LogP contribution in [0.2, 0.25) is 5.02 Å². The zero-order chi connectivity index (χ0) is 15.8. The fourth-order valence-electron chi connectivity index (χ4n) is 1.61. The van der Waals surface area contributed by atoms with Crippen LogP contribution < -0.4 is 15.4 Å². The topological polar surface area (TPSA) is 67.4 Å². The highest BCUT2D eigenvalue weighted by Gasteiger charge is 2.09. The minimum Gasteiger partial charge on any atom is -0.497 e.